The molecule has 2 unspecified atom stereocenters. The van der Waals surface area contributed by atoms with E-state index in [-0.39, 0.29) is 25.7 Å². The van der Waals surface area contributed by atoms with E-state index in [4.69, 9.17) is 37.0 Å². The van der Waals surface area contributed by atoms with Crippen LogP contribution in [0.5, 0.6) is 0 Å². The van der Waals surface area contributed by atoms with Gasteiger partial charge >= 0.3 is 39.5 Å². The Bertz CT molecular complexity index is 1670. The van der Waals surface area contributed by atoms with Crippen molar-refractivity contribution in [2.75, 3.05) is 39.6 Å². The van der Waals surface area contributed by atoms with Gasteiger partial charge in [0.2, 0.25) is 0 Å². The Morgan fingerprint density at radius 2 is 0.535 bits per heavy atom. The maximum atomic E-state index is 13.0. The molecule has 0 aliphatic rings. The van der Waals surface area contributed by atoms with Crippen LogP contribution in [0.15, 0.2) is 0 Å². The number of unbranched alkanes of at least 4 members (excludes halogenated alkanes) is 39. The van der Waals surface area contributed by atoms with Gasteiger partial charge in [-0.25, -0.2) is 9.13 Å². The fourth-order valence-corrected chi connectivity index (χ4v) is 11.7. The lowest BCUT2D eigenvalue weighted by Crippen LogP contribution is -2.30. The minimum Gasteiger partial charge on any atom is -0.462 e. The minimum absolute atomic E-state index is 0.105. The second-order valence-corrected chi connectivity index (χ2v) is 27.6. The molecule has 0 fully saturated rings. The molecule has 17 nitrogen and oxygen atoms in total. The third kappa shape index (κ3) is 60.9. The zero-order chi connectivity index (χ0) is 63.5. The summed E-state index contributed by atoms with van der Waals surface area (Å²) in [6.07, 6.45) is 46.1. The predicted molar refractivity (Wildman–Crippen MR) is 345 cm³/mol. The number of hydrogen-bond acceptors (Lipinski definition) is 15. The van der Waals surface area contributed by atoms with E-state index >= 15 is 0 Å². The molecular weight excluding hydrogens is 1140 g/mol. The van der Waals surface area contributed by atoms with Crippen LogP contribution in [-0.2, 0) is 65.4 Å². The second-order valence-electron chi connectivity index (χ2n) is 24.7. The Hall–Kier alpha value is -1.94. The highest BCUT2D eigenvalue weighted by Crippen LogP contribution is 2.45. The van der Waals surface area contributed by atoms with Gasteiger partial charge in [0.1, 0.15) is 19.3 Å². The molecule has 0 saturated carbocycles. The Morgan fingerprint density at radius 3 is 0.791 bits per heavy atom. The monoisotopic (exact) mass is 1270 g/mol. The summed E-state index contributed by atoms with van der Waals surface area (Å²) in [5, 5.41) is 10.5. The summed E-state index contributed by atoms with van der Waals surface area (Å²) < 4.78 is 68.0. The number of carbonyl (C=O) groups excluding carboxylic acids is 4. The molecule has 0 spiro atoms. The molecule has 0 amide bonds. The van der Waals surface area contributed by atoms with Crippen molar-refractivity contribution in [2.45, 2.75) is 361 Å². The van der Waals surface area contributed by atoms with Gasteiger partial charge in [-0.3, -0.25) is 37.3 Å². The summed E-state index contributed by atoms with van der Waals surface area (Å²) in [7, 11) is -9.88. The molecule has 0 rings (SSSR count). The largest absolute Gasteiger partial charge is 0.472 e. The molecule has 510 valence electrons. The average molecular weight is 1270 g/mol. The Labute approximate surface area is 524 Å². The zero-order valence-corrected chi connectivity index (χ0v) is 57.2. The highest BCUT2D eigenvalue weighted by Gasteiger charge is 2.30. The van der Waals surface area contributed by atoms with E-state index in [1.165, 1.54) is 161 Å². The van der Waals surface area contributed by atoms with Crippen LogP contribution in [0.25, 0.3) is 0 Å². The zero-order valence-electron chi connectivity index (χ0n) is 55.4. The smallest absolute Gasteiger partial charge is 0.462 e. The van der Waals surface area contributed by atoms with Crippen LogP contribution in [-0.4, -0.2) is 96.7 Å². The van der Waals surface area contributed by atoms with Gasteiger partial charge in [0, 0.05) is 25.7 Å². The molecule has 0 aliphatic carbocycles. The third-order valence-electron chi connectivity index (χ3n) is 15.5. The van der Waals surface area contributed by atoms with Crippen LogP contribution in [0.4, 0.5) is 0 Å². The molecule has 86 heavy (non-hydrogen) atoms. The van der Waals surface area contributed by atoms with Crippen molar-refractivity contribution >= 4 is 39.5 Å². The second kappa shape index (κ2) is 60.6. The Kier molecular flexibility index (Phi) is 59.2. The Balaban J connectivity index is 5.17. The van der Waals surface area contributed by atoms with Crippen LogP contribution in [0, 0.1) is 5.92 Å². The van der Waals surface area contributed by atoms with Crippen molar-refractivity contribution in [3.8, 4) is 0 Å². The van der Waals surface area contributed by atoms with Crippen LogP contribution in [0.1, 0.15) is 343 Å². The number of phosphoric ester groups is 2. The first-order valence-corrected chi connectivity index (χ1v) is 38.1. The molecule has 0 radical (unpaired) electrons. The molecular formula is C67H130O17P2. The van der Waals surface area contributed by atoms with Crippen LogP contribution in [0.3, 0.4) is 0 Å². The standard InChI is InChI=1S/C67H130O17P2/c1-6-9-12-15-17-19-21-23-25-27-32-36-41-46-51-65(70)78-57-63(84-67(72)52-47-42-37-33-28-26-24-22-20-18-16-13-10-7-2)59-82-86(75,76)80-55-61(68)54-79-85(73,74)81-58-62(56-77-64(69)50-45-39-14-11-8-3)83-66(71)53-48-43-38-34-30-29-31-35-40-44-49-60(4)5/h60-63,68H,6-59H2,1-5H3,(H,73,74)(H,75,76)/t61-,62+,63+/m0/s1. The van der Waals surface area contributed by atoms with E-state index in [9.17, 15) is 43.2 Å². The van der Waals surface area contributed by atoms with Crippen molar-refractivity contribution in [3.05, 3.63) is 0 Å². The molecule has 0 aromatic heterocycles. The number of esters is 4. The molecule has 0 aromatic carbocycles. The van der Waals surface area contributed by atoms with Gasteiger partial charge in [0.25, 0.3) is 0 Å². The van der Waals surface area contributed by atoms with Gasteiger partial charge in [-0.05, 0) is 31.6 Å². The van der Waals surface area contributed by atoms with Crippen LogP contribution < -0.4 is 0 Å². The van der Waals surface area contributed by atoms with Crippen molar-refractivity contribution in [1.29, 1.82) is 0 Å². The molecule has 0 aromatic rings. The third-order valence-corrected chi connectivity index (χ3v) is 17.4. The van der Waals surface area contributed by atoms with E-state index < -0.39 is 97.5 Å². The van der Waals surface area contributed by atoms with Gasteiger partial charge in [0.05, 0.1) is 26.4 Å². The molecule has 0 bridgehead atoms. The van der Waals surface area contributed by atoms with Crippen LogP contribution in [0.2, 0.25) is 0 Å². The summed E-state index contributed by atoms with van der Waals surface area (Å²) in [6.45, 7) is 7.13. The van der Waals surface area contributed by atoms with Gasteiger partial charge in [-0.1, -0.05) is 291 Å². The summed E-state index contributed by atoms with van der Waals surface area (Å²) >= 11 is 0. The maximum absolute atomic E-state index is 13.0. The molecule has 0 heterocycles. The van der Waals surface area contributed by atoms with Crippen molar-refractivity contribution < 1.29 is 80.2 Å². The fraction of sp³-hybridized carbons (Fsp3) is 0.940. The van der Waals surface area contributed by atoms with Gasteiger partial charge in [-0.15, -0.1) is 0 Å². The van der Waals surface area contributed by atoms with Crippen LogP contribution >= 0.6 is 15.6 Å². The molecule has 3 N–H and O–H groups in total. The molecule has 0 saturated heterocycles. The lowest BCUT2D eigenvalue weighted by Gasteiger charge is -2.21. The highest BCUT2D eigenvalue weighted by atomic mass is 31.2. The van der Waals surface area contributed by atoms with Gasteiger partial charge in [0.15, 0.2) is 12.2 Å². The van der Waals surface area contributed by atoms with E-state index in [1.807, 2.05) is 0 Å². The van der Waals surface area contributed by atoms with Gasteiger partial charge in [-0.2, -0.15) is 0 Å². The normalized spacial score (nSPS) is 14.2. The average Bonchev–Trinajstić information content (AvgIpc) is 3.52. The number of rotatable bonds is 67. The lowest BCUT2D eigenvalue weighted by molar-refractivity contribution is -0.161. The molecule has 5 atom stereocenters. The first kappa shape index (κ1) is 84.1. The lowest BCUT2D eigenvalue weighted by atomic mass is 10.0. The van der Waals surface area contributed by atoms with E-state index in [0.717, 1.165) is 102 Å². The fourth-order valence-electron chi connectivity index (χ4n) is 10.1. The first-order chi connectivity index (χ1) is 41.5. The first-order valence-electron chi connectivity index (χ1n) is 35.1. The number of aliphatic hydroxyl groups excluding tert-OH is 1. The summed E-state index contributed by atoms with van der Waals surface area (Å²) in [4.78, 5) is 72.2. The van der Waals surface area contributed by atoms with Crippen molar-refractivity contribution in [2.24, 2.45) is 5.92 Å². The van der Waals surface area contributed by atoms with E-state index in [0.29, 0.717) is 25.7 Å². The summed E-state index contributed by atoms with van der Waals surface area (Å²) in [6, 6.07) is 0. The maximum Gasteiger partial charge on any atom is 0.472 e. The number of aliphatic hydroxyl groups is 1. The van der Waals surface area contributed by atoms with Crippen molar-refractivity contribution in [3.63, 3.8) is 0 Å². The minimum atomic E-state index is -4.95. The topological polar surface area (TPSA) is 237 Å². The quantitative estimate of drug-likeness (QED) is 0.0222. The summed E-state index contributed by atoms with van der Waals surface area (Å²) in [5.41, 5.74) is 0. The SMILES string of the molecule is CCCCCCCCCCCCCCCCC(=O)OC[C@H](COP(=O)(O)OC[C@@H](O)COP(=O)(O)OC[C@@H](COC(=O)CCCCCCC)OC(=O)CCCCCCCCCCCCC(C)C)OC(=O)CCCCCCCCCCCCCCCC. The number of ether oxygens (including phenoxy) is 4. The number of carbonyl (C=O) groups is 4. The van der Waals surface area contributed by atoms with Crippen molar-refractivity contribution in [1.82, 2.24) is 0 Å². The van der Waals surface area contributed by atoms with E-state index in [1.54, 1.807) is 0 Å². The predicted octanol–water partition coefficient (Wildman–Crippen LogP) is 19.0. The van der Waals surface area contributed by atoms with E-state index in [2.05, 4.69) is 34.6 Å². The molecule has 19 heteroatoms. The van der Waals surface area contributed by atoms with Gasteiger partial charge < -0.3 is 33.8 Å². The molecule has 0 aliphatic heterocycles. The summed E-state index contributed by atoms with van der Waals surface area (Å²) in [5.74, 6) is -1.38. The number of hydrogen-bond donors (Lipinski definition) is 3. The highest BCUT2D eigenvalue weighted by molar-refractivity contribution is 7.47. The number of phosphoric acid groups is 2. The Morgan fingerprint density at radius 1 is 0.314 bits per heavy atom.